The molecule has 5 rings (SSSR count). The number of likely N-dealkylation sites (tertiary alicyclic amines) is 1. The van der Waals surface area contributed by atoms with E-state index < -0.39 is 0 Å². The first-order valence-corrected chi connectivity index (χ1v) is 13.5. The van der Waals surface area contributed by atoms with Crippen LogP contribution >= 0.6 is 0 Å². The molecule has 200 valence electrons. The summed E-state index contributed by atoms with van der Waals surface area (Å²) >= 11 is 0. The summed E-state index contributed by atoms with van der Waals surface area (Å²) in [6.07, 6.45) is 6.60. The zero-order valence-electron chi connectivity index (χ0n) is 22.0. The van der Waals surface area contributed by atoms with Gasteiger partial charge in [0.1, 0.15) is 12.1 Å². The molecule has 2 aliphatic heterocycles. The lowest BCUT2D eigenvalue weighted by atomic mass is 9.89. The van der Waals surface area contributed by atoms with E-state index in [-0.39, 0.29) is 5.96 Å². The SMILES string of the molecule is CC(C)N1CCC(c2ccc(NNNN(C(=N)N)c3cc(N4CCN(C5CC5)CC4)ncn3)cc2)CC1. The van der Waals surface area contributed by atoms with Gasteiger partial charge < -0.3 is 21.0 Å². The number of hydrazine groups is 3. The summed E-state index contributed by atoms with van der Waals surface area (Å²) in [7, 11) is 0. The van der Waals surface area contributed by atoms with Crippen LogP contribution in [-0.2, 0) is 0 Å². The first-order chi connectivity index (χ1) is 18.0. The molecule has 3 fully saturated rings. The topological polar surface area (TPSA) is 125 Å². The summed E-state index contributed by atoms with van der Waals surface area (Å²) in [5.41, 5.74) is 17.2. The Bertz CT molecular complexity index is 1020. The lowest BCUT2D eigenvalue weighted by Crippen LogP contribution is -2.55. The summed E-state index contributed by atoms with van der Waals surface area (Å²) in [4.78, 5) is 16.2. The molecule has 0 unspecified atom stereocenters. The number of anilines is 3. The third-order valence-electron chi connectivity index (χ3n) is 7.83. The number of nitrogens with two attached hydrogens (primary N) is 1. The van der Waals surface area contributed by atoms with Crippen LogP contribution in [0.2, 0.25) is 0 Å². The van der Waals surface area contributed by atoms with E-state index in [1.165, 1.54) is 42.6 Å². The van der Waals surface area contributed by atoms with E-state index in [2.05, 4.69) is 79.3 Å². The number of hydrogen-bond acceptors (Lipinski definition) is 9. The molecule has 2 aromatic rings. The molecule has 1 aliphatic carbocycles. The van der Waals surface area contributed by atoms with Crippen molar-refractivity contribution in [2.24, 2.45) is 5.73 Å². The zero-order chi connectivity index (χ0) is 25.8. The van der Waals surface area contributed by atoms with Crippen LogP contribution in [0.1, 0.15) is 51.0 Å². The molecular weight excluding hydrogens is 466 g/mol. The number of hydrogen-bond donors (Lipinski definition) is 5. The van der Waals surface area contributed by atoms with Crippen molar-refractivity contribution in [2.75, 3.05) is 54.6 Å². The van der Waals surface area contributed by atoms with Crippen molar-refractivity contribution in [1.82, 2.24) is 30.8 Å². The Labute approximate surface area is 219 Å². The highest BCUT2D eigenvalue weighted by atomic mass is 15.8. The molecule has 1 saturated carbocycles. The highest BCUT2D eigenvalue weighted by molar-refractivity contribution is 5.90. The Balaban J connectivity index is 1.13. The Kier molecular flexibility index (Phi) is 8.04. The molecule has 1 aromatic carbocycles. The van der Waals surface area contributed by atoms with Crippen molar-refractivity contribution in [3.05, 3.63) is 42.2 Å². The van der Waals surface area contributed by atoms with Gasteiger partial charge in [-0.25, -0.2) is 15.0 Å². The molecule has 2 saturated heterocycles. The molecule has 11 heteroatoms. The fourth-order valence-corrected chi connectivity index (χ4v) is 5.37. The molecule has 37 heavy (non-hydrogen) atoms. The number of piperazine rings is 1. The number of guanidine groups is 1. The summed E-state index contributed by atoms with van der Waals surface area (Å²) in [6.45, 7) is 10.9. The lowest BCUT2D eigenvalue weighted by Gasteiger charge is -2.35. The third kappa shape index (κ3) is 6.48. The van der Waals surface area contributed by atoms with Gasteiger partial charge in [-0.05, 0) is 76.2 Å². The minimum Gasteiger partial charge on any atom is -0.369 e. The van der Waals surface area contributed by atoms with Crippen LogP contribution in [0.3, 0.4) is 0 Å². The minimum atomic E-state index is -0.180. The highest BCUT2D eigenvalue weighted by Crippen LogP contribution is 2.30. The first-order valence-electron chi connectivity index (χ1n) is 13.5. The van der Waals surface area contributed by atoms with E-state index in [0.717, 1.165) is 56.8 Å². The number of aromatic nitrogens is 2. The largest absolute Gasteiger partial charge is 0.369 e. The number of piperidine rings is 1. The normalized spacial score (nSPS) is 19.8. The van der Waals surface area contributed by atoms with Crippen molar-refractivity contribution < 1.29 is 0 Å². The summed E-state index contributed by atoms with van der Waals surface area (Å²) in [5.74, 6) is 1.78. The maximum absolute atomic E-state index is 8.04. The molecule has 3 aliphatic rings. The molecule has 3 heterocycles. The van der Waals surface area contributed by atoms with Crippen molar-refractivity contribution in [3.63, 3.8) is 0 Å². The Morgan fingerprint density at radius 3 is 2.32 bits per heavy atom. The molecule has 11 nitrogen and oxygen atoms in total. The van der Waals surface area contributed by atoms with E-state index in [4.69, 9.17) is 11.1 Å². The summed E-state index contributed by atoms with van der Waals surface area (Å²) in [6, 6.07) is 11.8. The van der Waals surface area contributed by atoms with Crippen LogP contribution in [0, 0.1) is 5.41 Å². The van der Waals surface area contributed by atoms with Gasteiger partial charge >= 0.3 is 0 Å². The Hall–Kier alpha value is -2.99. The molecular formula is C26H41N11. The van der Waals surface area contributed by atoms with Gasteiger partial charge in [-0.15, -0.1) is 5.53 Å². The number of nitrogens with zero attached hydrogens (tertiary/aromatic N) is 6. The Morgan fingerprint density at radius 1 is 1.00 bits per heavy atom. The third-order valence-corrected chi connectivity index (χ3v) is 7.83. The maximum Gasteiger partial charge on any atom is 0.210 e. The molecule has 0 spiro atoms. The summed E-state index contributed by atoms with van der Waals surface area (Å²) < 4.78 is 0. The lowest BCUT2D eigenvalue weighted by molar-refractivity contribution is 0.172. The van der Waals surface area contributed by atoms with Gasteiger partial charge in [-0.1, -0.05) is 12.1 Å². The number of benzene rings is 1. The molecule has 0 amide bonds. The van der Waals surface area contributed by atoms with Crippen LogP contribution < -0.4 is 32.1 Å². The fraction of sp³-hybridized carbons (Fsp3) is 0.577. The molecule has 1 aromatic heterocycles. The van der Waals surface area contributed by atoms with E-state index in [1.807, 2.05) is 6.07 Å². The van der Waals surface area contributed by atoms with Crippen LogP contribution in [0.4, 0.5) is 17.3 Å². The van der Waals surface area contributed by atoms with Crippen LogP contribution in [0.15, 0.2) is 36.7 Å². The predicted molar refractivity (Wildman–Crippen MR) is 148 cm³/mol. The number of nitrogens with one attached hydrogen (secondary N) is 4. The van der Waals surface area contributed by atoms with E-state index in [1.54, 1.807) is 0 Å². The van der Waals surface area contributed by atoms with Gasteiger partial charge in [0.15, 0.2) is 5.82 Å². The van der Waals surface area contributed by atoms with Gasteiger partial charge in [-0.2, -0.15) is 5.53 Å². The van der Waals surface area contributed by atoms with Crippen LogP contribution in [-0.4, -0.2) is 77.1 Å². The van der Waals surface area contributed by atoms with Crippen molar-refractivity contribution >= 4 is 23.3 Å². The minimum absolute atomic E-state index is 0.180. The van der Waals surface area contributed by atoms with Gasteiger partial charge in [0.25, 0.3) is 0 Å². The second-order valence-electron chi connectivity index (χ2n) is 10.6. The van der Waals surface area contributed by atoms with Crippen molar-refractivity contribution in [2.45, 2.75) is 57.5 Å². The first kappa shape index (κ1) is 25.7. The highest BCUT2D eigenvalue weighted by Gasteiger charge is 2.31. The average molecular weight is 508 g/mol. The van der Waals surface area contributed by atoms with E-state index in [0.29, 0.717) is 17.8 Å². The number of rotatable bonds is 9. The van der Waals surface area contributed by atoms with Crippen molar-refractivity contribution in [1.29, 1.82) is 5.41 Å². The average Bonchev–Trinajstić information content (AvgIpc) is 3.77. The van der Waals surface area contributed by atoms with Gasteiger partial charge in [0.2, 0.25) is 5.96 Å². The van der Waals surface area contributed by atoms with Crippen molar-refractivity contribution in [3.8, 4) is 0 Å². The zero-order valence-corrected chi connectivity index (χ0v) is 22.0. The van der Waals surface area contributed by atoms with Gasteiger partial charge in [-0.3, -0.25) is 10.3 Å². The standard InChI is InChI=1S/C26H41N11/c1-19(2)34-11-9-21(10-12-34)20-3-5-22(6-4-20)31-32-33-37(26(27)28)25-17-24(29-18-30-25)36-15-13-35(14-16-36)23-7-8-23/h3-6,17-19,21,23,31-33H,7-16H2,1-2H3,(H3,27,28). The van der Waals surface area contributed by atoms with E-state index >= 15 is 0 Å². The quantitative estimate of drug-likeness (QED) is 0.196. The monoisotopic (exact) mass is 507 g/mol. The van der Waals surface area contributed by atoms with Gasteiger partial charge in [0, 0.05) is 44.3 Å². The Morgan fingerprint density at radius 2 is 1.70 bits per heavy atom. The molecule has 6 N–H and O–H groups in total. The molecule has 0 atom stereocenters. The predicted octanol–water partition coefficient (Wildman–Crippen LogP) is 2.08. The molecule has 0 bridgehead atoms. The molecule has 0 radical (unpaired) electrons. The fourth-order valence-electron chi connectivity index (χ4n) is 5.37. The smallest absolute Gasteiger partial charge is 0.210 e. The van der Waals surface area contributed by atoms with Gasteiger partial charge in [0.05, 0.1) is 5.69 Å². The second-order valence-corrected chi connectivity index (χ2v) is 10.6. The maximum atomic E-state index is 8.04. The van der Waals surface area contributed by atoms with Crippen LogP contribution in [0.5, 0.6) is 0 Å². The second kappa shape index (κ2) is 11.6. The summed E-state index contributed by atoms with van der Waals surface area (Å²) in [5, 5.41) is 9.42. The van der Waals surface area contributed by atoms with Crippen LogP contribution in [0.25, 0.3) is 0 Å². The van der Waals surface area contributed by atoms with E-state index in [9.17, 15) is 0 Å².